The van der Waals surface area contributed by atoms with Gasteiger partial charge < -0.3 is 0 Å². The second-order valence-electron chi connectivity index (χ2n) is 5.17. The lowest BCUT2D eigenvalue weighted by molar-refractivity contribution is 0.0955. The van der Waals surface area contributed by atoms with E-state index in [0.717, 1.165) is 5.56 Å². The summed E-state index contributed by atoms with van der Waals surface area (Å²) >= 11 is 5.86. The fourth-order valence-electron chi connectivity index (χ4n) is 2.16. The van der Waals surface area contributed by atoms with Crippen molar-refractivity contribution in [3.05, 3.63) is 88.7 Å². The summed E-state index contributed by atoms with van der Waals surface area (Å²) in [5.74, 6) is -0.314. The molecule has 3 rings (SSSR count). The molecule has 1 heterocycles. The van der Waals surface area contributed by atoms with Gasteiger partial charge in [0.15, 0.2) is 0 Å². The predicted octanol–water partition coefficient (Wildman–Crippen LogP) is 3.35. The highest BCUT2D eigenvalue weighted by Gasteiger charge is 2.04. The van der Waals surface area contributed by atoms with Crippen molar-refractivity contribution in [2.24, 2.45) is 5.10 Å². The van der Waals surface area contributed by atoms with E-state index in [1.807, 2.05) is 41.2 Å². The van der Waals surface area contributed by atoms with Gasteiger partial charge in [-0.1, -0.05) is 48.0 Å². The van der Waals surface area contributed by atoms with Crippen LogP contribution in [0.2, 0.25) is 5.02 Å². The molecule has 0 fully saturated rings. The van der Waals surface area contributed by atoms with Gasteiger partial charge in [0, 0.05) is 22.3 Å². The third-order valence-electron chi connectivity index (χ3n) is 3.31. The number of carbonyl (C=O) groups is 1. The van der Waals surface area contributed by atoms with Crippen molar-refractivity contribution in [3.63, 3.8) is 0 Å². The zero-order valence-electron chi connectivity index (χ0n) is 12.8. The lowest BCUT2D eigenvalue weighted by atomic mass is 10.2. The van der Waals surface area contributed by atoms with Crippen molar-refractivity contribution in [2.45, 2.75) is 6.54 Å². The summed E-state index contributed by atoms with van der Waals surface area (Å²) in [7, 11) is 0. The van der Waals surface area contributed by atoms with Gasteiger partial charge in [-0.05, 0) is 23.8 Å². The number of hydrazone groups is 1. The second-order valence-corrected chi connectivity index (χ2v) is 5.60. The number of hydrogen-bond acceptors (Lipinski definition) is 3. The third-order valence-corrected chi connectivity index (χ3v) is 3.54. The van der Waals surface area contributed by atoms with E-state index in [4.69, 9.17) is 11.6 Å². The molecule has 0 aliphatic carbocycles. The first-order chi connectivity index (χ1) is 11.7. The molecular formula is C18H15ClN4O. The van der Waals surface area contributed by atoms with Crippen LogP contribution in [0.15, 0.2) is 72.1 Å². The van der Waals surface area contributed by atoms with E-state index in [2.05, 4.69) is 15.6 Å². The Bertz CT molecular complexity index is 858. The molecule has 0 unspecified atom stereocenters. The Kier molecular flexibility index (Phi) is 5.03. The largest absolute Gasteiger partial charge is 0.271 e. The molecule has 2 aromatic carbocycles. The molecule has 1 N–H and O–H groups in total. The number of rotatable bonds is 5. The molecule has 0 saturated heterocycles. The number of nitrogens with zero attached hydrogens (tertiary/aromatic N) is 3. The Morgan fingerprint density at radius 3 is 2.83 bits per heavy atom. The van der Waals surface area contributed by atoms with Crippen molar-refractivity contribution in [2.75, 3.05) is 0 Å². The summed E-state index contributed by atoms with van der Waals surface area (Å²) in [5.41, 5.74) is 4.89. The molecule has 0 bridgehead atoms. The normalized spacial score (nSPS) is 10.9. The Morgan fingerprint density at radius 2 is 2.04 bits per heavy atom. The van der Waals surface area contributed by atoms with Gasteiger partial charge in [0.05, 0.1) is 19.0 Å². The molecule has 1 amide bonds. The van der Waals surface area contributed by atoms with Crippen LogP contribution in [0.4, 0.5) is 0 Å². The van der Waals surface area contributed by atoms with E-state index in [1.54, 1.807) is 36.7 Å². The van der Waals surface area contributed by atoms with Crippen molar-refractivity contribution in [1.82, 2.24) is 15.2 Å². The van der Waals surface area contributed by atoms with Gasteiger partial charge >= 0.3 is 0 Å². The number of hydrogen-bond donors (Lipinski definition) is 1. The standard InChI is InChI=1S/C18H15ClN4O/c19-17-8-4-7-16(9-17)18(24)22-20-10-15-11-21-23(13-15)12-14-5-2-1-3-6-14/h1-11,13H,12H2,(H,22,24)/b20-10-. The molecule has 24 heavy (non-hydrogen) atoms. The van der Waals surface area contributed by atoms with E-state index in [-0.39, 0.29) is 5.91 Å². The molecule has 0 radical (unpaired) electrons. The number of amides is 1. The number of halogens is 1. The van der Waals surface area contributed by atoms with Gasteiger partial charge in [0.2, 0.25) is 0 Å². The Labute approximate surface area is 144 Å². The topological polar surface area (TPSA) is 59.3 Å². The first-order valence-electron chi connectivity index (χ1n) is 7.36. The van der Waals surface area contributed by atoms with Crippen LogP contribution < -0.4 is 5.43 Å². The first kappa shape index (κ1) is 16.0. The highest BCUT2D eigenvalue weighted by atomic mass is 35.5. The van der Waals surface area contributed by atoms with Gasteiger partial charge in [-0.2, -0.15) is 10.2 Å². The van der Waals surface area contributed by atoms with Crippen molar-refractivity contribution in [3.8, 4) is 0 Å². The van der Waals surface area contributed by atoms with Crippen LogP contribution in [-0.2, 0) is 6.54 Å². The molecule has 0 spiro atoms. The molecule has 0 aliphatic heterocycles. The summed E-state index contributed by atoms with van der Waals surface area (Å²) in [6, 6.07) is 16.7. The van der Waals surface area contributed by atoms with Crippen LogP contribution in [-0.4, -0.2) is 21.9 Å². The third kappa shape index (κ3) is 4.30. The van der Waals surface area contributed by atoms with Crippen molar-refractivity contribution < 1.29 is 4.79 Å². The van der Waals surface area contributed by atoms with Crippen molar-refractivity contribution in [1.29, 1.82) is 0 Å². The minimum absolute atomic E-state index is 0.314. The lowest BCUT2D eigenvalue weighted by Crippen LogP contribution is -2.17. The van der Waals surface area contributed by atoms with Crippen LogP contribution in [0, 0.1) is 0 Å². The monoisotopic (exact) mass is 338 g/mol. The molecule has 1 aromatic heterocycles. The summed E-state index contributed by atoms with van der Waals surface area (Å²) in [6.07, 6.45) is 5.11. The highest BCUT2D eigenvalue weighted by Crippen LogP contribution is 2.10. The molecule has 6 heteroatoms. The number of benzene rings is 2. The Balaban J connectivity index is 1.58. The molecule has 3 aromatic rings. The van der Waals surface area contributed by atoms with E-state index < -0.39 is 0 Å². The van der Waals surface area contributed by atoms with Crippen molar-refractivity contribution >= 4 is 23.7 Å². The van der Waals surface area contributed by atoms with Crippen LogP contribution in [0.5, 0.6) is 0 Å². The maximum atomic E-state index is 11.9. The minimum Gasteiger partial charge on any atom is -0.268 e. The highest BCUT2D eigenvalue weighted by molar-refractivity contribution is 6.30. The fraction of sp³-hybridized carbons (Fsp3) is 0.0556. The minimum atomic E-state index is -0.314. The van der Waals surface area contributed by atoms with E-state index in [0.29, 0.717) is 17.1 Å². The number of aromatic nitrogens is 2. The van der Waals surface area contributed by atoms with Crippen LogP contribution in [0.1, 0.15) is 21.5 Å². The summed E-state index contributed by atoms with van der Waals surface area (Å²) in [6.45, 7) is 0.684. The predicted molar refractivity (Wildman–Crippen MR) is 94.3 cm³/mol. The Morgan fingerprint density at radius 1 is 1.21 bits per heavy atom. The maximum Gasteiger partial charge on any atom is 0.271 e. The summed E-state index contributed by atoms with van der Waals surface area (Å²) in [4.78, 5) is 11.9. The smallest absolute Gasteiger partial charge is 0.268 e. The van der Waals surface area contributed by atoms with Crippen LogP contribution in [0.25, 0.3) is 0 Å². The van der Waals surface area contributed by atoms with E-state index in [9.17, 15) is 4.79 Å². The summed E-state index contributed by atoms with van der Waals surface area (Å²) in [5, 5.41) is 8.73. The summed E-state index contributed by atoms with van der Waals surface area (Å²) < 4.78 is 1.81. The zero-order valence-corrected chi connectivity index (χ0v) is 13.5. The average molecular weight is 339 g/mol. The van der Waals surface area contributed by atoms with Gasteiger partial charge in [0.1, 0.15) is 0 Å². The quantitative estimate of drug-likeness (QED) is 0.573. The molecule has 0 atom stereocenters. The molecular weight excluding hydrogens is 324 g/mol. The van der Waals surface area contributed by atoms with Gasteiger partial charge in [-0.3, -0.25) is 9.48 Å². The average Bonchev–Trinajstić information content (AvgIpc) is 3.03. The molecule has 120 valence electrons. The number of nitrogens with one attached hydrogen (secondary N) is 1. The lowest BCUT2D eigenvalue weighted by Gasteiger charge is -2.00. The van der Waals surface area contributed by atoms with Crippen LogP contribution >= 0.6 is 11.6 Å². The number of carbonyl (C=O) groups excluding carboxylic acids is 1. The van der Waals surface area contributed by atoms with Gasteiger partial charge in [-0.15, -0.1) is 0 Å². The molecule has 0 aliphatic rings. The van der Waals surface area contributed by atoms with E-state index >= 15 is 0 Å². The second kappa shape index (κ2) is 7.57. The fourth-order valence-corrected chi connectivity index (χ4v) is 2.35. The Hall–Kier alpha value is -2.92. The maximum absolute atomic E-state index is 11.9. The van der Waals surface area contributed by atoms with E-state index in [1.165, 1.54) is 5.56 Å². The molecule has 0 saturated carbocycles. The van der Waals surface area contributed by atoms with Gasteiger partial charge in [0.25, 0.3) is 5.91 Å². The first-order valence-corrected chi connectivity index (χ1v) is 7.74. The molecule has 5 nitrogen and oxygen atoms in total. The van der Waals surface area contributed by atoms with Gasteiger partial charge in [-0.25, -0.2) is 5.43 Å². The SMILES string of the molecule is O=C(N/N=C\c1cnn(Cc2ccccc2)c1)c1cccc(Cl)c1. The van der Waals surface area contributed by atoms with Crippen LogP contribution in [0.3, 0.4) is 0 Å². The zero-order chi connectivity index (χ0) is 16.8.